The number of amides is 1. The molecule has 190 valence electrons. The fraction of sp³-hybridized carbons (Fsp3) is 0.385. The third kappa shape index (κ3) is 5.02. The molecule has 1 saturated carbocycles. The summed E-state index contributed by atoms with van der Waals surface area (Å²) in [6.07, 6.45) is -2.48. The van der Waals surface area contributed by atoms with Crippen molar-refractivity contribution in [3.8, 4) is 11.5 Å². The van der Waals surface area contributed by atoms with Crippen LogP contribution in [0.2, 0.25) is 5.02 Å². The SMILES string of the molecule is CN(c1cc(C(F)(F)F)nc2ccc(Cl)cc12)C1CCC(NC(=O)C2COc3ccccc3O2)CC1. The van der Waals surface area contributed by atoms with Crippen molar-refractivity contribution in [1.82, 2.24) is 10.3 Å². The van der Waals surface area contributed by atoms with Gasteiger partial charge in [0.05, 0.1) is 5.52 Å². The summed E-state index contributed by atoms with van der Waals surface area (Å²) < 4.78 is 52.0. The number of ether oxygens (including phenoxy) is 2. The largest absolute Gasteiger partial charge is 0.485 e. The minimum atomic E-state index is -4.56. The van der Waals surface area contributed by atoms with Gasteiger partial charge in [0.1, 0.15) is 12.3 Å². The summed E-state index contributed by atoms with van der Waals surface area (Å²) in [4.78, 5) is 18.4. The van der Waals surface area contributed by atoms with E-state index < -0.39 is 18.0 Å². The molecule has 5 rings (SSSR count). The maximum absolute atomic E-state index is 13.5. The number of aromatic nitrogens is 1. The van der Waals surface area contributed by atoms with Crippen LogP contribution in [-0.4, -0.2) is 42.7 Å². The van der Waals surface area contributed by atoms with E-state index in [0.717, 1.165) is 6.07 Å². The first-order chi connectivity index (χ1) is 17.2. The lowest BCUT2D eigenvalue weighted by Crippen LogP contribution is -2.49. The summed E-state index contributed by atoms with van der Waals surface area (Å²) in [5.74, 6) is 0.923. The normalized spacial score (nSPS) is 21.8. The number of alkyl halides is 3. The zero-order chi connectivity index (χ0) is 25.4. The molecule has 1 unspecified atom stereocenters. The summed E-state index contributed by atoms with van der Waals surface area (Å²) in [7, 11) is 1.80. The molecule has 1 N–H and O–H groups in total. The minimum Gasteiger partial charge on any atom is -0.485 e. The molecule has 1 aliphatic heterocycles. The topological polar surface area (TPSA) is 63.7 Å². The van der Waals surface area contributed by atoms with Gasteiger partial charge in [-0.1, -0.05) is 23.7 Å². The molecule has 0 spiro atoms. The van der Waals surface area contributed by atoms with Gasteiger partial charge in [-0.05, 0) is 62.1 Å². The van der Waals surface area contributed by atoms with E-state index in [1.165, 1.54) is 12.1 Å². The van der Waals surface area contributed by atoms with Gasteiger partial charge in [-0.2, -0.15) is 13.2 Å². The predicted molar refractivity (Wildman–Crippen MR) is 131 cm³/mol. The number of fused-ring (bicyclic) bond motifs is 2. The number of nitrogens with zero attached hydrogens (tertiary/aromatic N) is 2. The van der Waals surface area contributed by atoms with Crippen LogP contribution in [0.4, 0.5) is 18.9 Å². The molecule has 0 bridgehead atoms. The highest BCUT2D eigenvalue weighted by Crippen LogP contribution is 2.37. The Bertz CT molecular complexity index is 1280. The van der Waals surface area contributed by atoms with Gasteiger partial charge in [0, 0.05) is 35.2 Å². The Labute approximate surface area is 211 Å². The summed E-state index contributed by atoms with van der Waals surface area (Å²) >= 11 is 6.14. The second kappa shape index (κ2) is 9.69. The molecule has 1 fully saturated rings. The molecule has 2 heterocycles. The van der Waals surface area contributed by atoms with Crippen LogP contribution in [-0.2, 0) is 11.0 Å². The Balaban J connectivity index is 1.25. The predicted octanol–water partition coefficient (Wildman–Crippen LogP) is 5.61. The molecule has 1 aliphatic carbocycles. The number of benzene rings is 2. The maximum Gasteiger partial charge on any atom is 0.433 e. The van der Waals surface area contributed by atoms with Crippen molar-refractivity contribution >= 4 is 34.1 Å². The van der Waals surface area contributed by atoms with Crippen molar-refractivity contribution in [1.29, 1.82) is 0 Å². The van der Waals surface area contributed by atoms with Crippen LogP contribution in [0.5, 0.6) is 11.5 Å². The molecule has 1 aromatic heterocycles. The summed E-state index contributed by atoms with van der Waals surface area (Å²) in [6, 6.07) is 12.9. The highest BCUT2D eigenvalue weighted by Gasteiger charge is 2.35. The Morgan fingerprint density at radius 1 is 1.08 bits per heavy atom. The highest BCUT2D eigenvalue weighted by atomic mass is 35.5. The summed E-state index contributed by atoms with van der Waals surface area (Å²) in [6.45, 7) is 0.139. The van der Waals surface area contributed by atoms with Crippen molar-refractivity contribution in [2.75, 3.05) is 18.6 Å². The smallest absolute Gasteiger partial charge is 0.433 e. The molecular weight excluding hydrogens is 495 g/mol. The number of para-hydroxylation sites is 2. The van der Waals surface area contributed by atoms with E-state index in [0.29, 0.717) is 53.3 Å². The number of carbonyl (C=O) groups is 1. The van der Waals surface area contributed by atoms with Crippen LogP contribution in [0.15, 0.2) is 48.5 Å². The molecule has 2 aliphatic rings. The van der Waals surface area contributed by atoms with Crippen molar-refractivity contribution in [2.24, 2.45) is 0 Å². The van der Waals surface area contributed by atoms with E-state index in [4.69, 9.17) is 21.1 Å². The minimum absolute atomic E-state index is 0.00459. The van der Waals surface area contributed by atoms with Gasteiger partial charge >= 0.3 is 6.18 Å². The van der Waals surface area contributed by atoms with Crippen molar-refractivity contribution in [3.63, 3.8) is 0 Å². The Kier molecular flexibility index (Phi) is 6.59. The highest BCUT2D eigenvalue weighted by molar-refractivity contribution is 6.31. The molecule has 1 amide bonds. The van der Waals surface area contributed by atoms with Gasteiger partial charge in [-0.25, -0.2) is 4.98 Å². The second-order valence-electron chi connectivity index (χ2n) is 9.18. The van der Waals surface area contributed by atoms with E-state index in [9.17, 15) is 18.0 Å². The Morgan fingerprint density at radius 3 is 2.53 bits per heavy atom. The molecule has 2 aromatic carbocycles. The molecule has 0 saturated heterocycles. The number of hydrogen-bond acceptors (Lipinski definition) is 5. The van der Waals surface area contributed by atoms with Crippen LogP contribution in [0.25, 0.3) is 10.9 Å². The lowest BCUT2D eigenvalue weighted by atomic mass is 9.89. The van der Waals surface area contributed by atoms with Gasteiger partial charge in [-0.15, -0.1) is 0 Å². The first kappa shape index (κ1) is 24.5. The average Bonchev–Trinajstić information content (AvgIpc) is 2.87. The first-order valence-corrected chi connectivity index (χ1v) is 12.2. The number of carbonyl (C=O) groups excluding carboxylic acids is 1. The van der Waals surface area contributed by atoms with Crippen LogP contribution in [0, 0.1) is 0 Å². The second-order valence-corrected chi connectivity index (χ2v) is 9.61. The van der Waals surface area contributed by atoms with Crippen LogP contribution in [0.3, 0.4) is 0 Å². The lowest BCUT2D eigenvalue weighted by Gasteiger charge is -2.37. The van der Waals surface area contributed by atoms with E-state index in [1.54, 1.807) is 25.2 Å². The summed E-state index contributed by atoms with van der Waals surface area (Å²) in [5, 5.41) is 4.05. The van der Waals surface area contributed by atoms with E-state index in [-0.39, 0.29) is 30.1 Å². The molecular formula is C26H25ClF3N3O3. The van der Waals surface area contributed by atoms with Crippen LogP contribution >= 0.6 is 11.6 Å². The quantitative estimate of drug-likeness (QED) is 0.485. The molecule has 1 atom stereocenters. The van der Waals surface area contributed by atoms with E-state index >= 15 is 0 Å². The standard InChI is InChI=1S/C26H25ClF3N3O3/c1-33(20-13-24(26(28,29)30)32-19-11-6-15(27)12-18(19)20)17-9-7-16(8-10-17)31-25(34)23-14-35-21-4-2-3-5-22(21)36-23/h2-6,11-13,16-17,23H,7-10,14H2,1H3,(H,31,34). The Morgan fingerprint density at radius 2 is 1.81 bits per heavy atom. The summed E-state index contributed by atoms with van der Waals surface area (Å²) in [5.41, 5.74) is -0.251. The fourth-order valence-electron chi connectivity index (χ4n) is 4.86. The molecule has 10 heteroatoms. The third-order valence-electron chi connectivity index (χ3n) is 6.81. The maximum atomic E-state index is 13.5. The van der Waals surface area contributed by atoms with Gasteiger partial charge in [0.2, 0.25) is 6.10 Å². The van der Waals surface area contributed by atoms with Crippen molar-refractivity contribution in [3.05, 3.63) is 59.2 Å². The average molecular weight is 520 g/mol. The first-order valence-electron chi connectivity index (χ1n) is 11.8. The zero-order valence-corrected chi connectivity index (χ0v) is 20.3. The van der Waals surface area contributed by atoms with Gasteiger partial charge in [-0.3, -0.25) is 4.79 Å². The molecule has 0 radical (unpaired) electrons. The van der Waals surface area contributed by atoms with E-state index in [2.05, 4.69) is 10.3 Å². The van der Waals surface area contributed by atoms with Gasteiger partial charge < -0.3 is 19.7 Å². The lowest BCUT2D eigenvalue weighted by molar-refractivity contribution is -0.141. The van der Waals surface area contributed by atoms with Crippen molar-refractivity contribution in [2.45, 2.75) is 50.0 Å². The van der Waals surface area contributed by atoms with Crippen LogP contribution in [0.1, 0.15) is 31.4 Å². The van der Waals surface area contributed by atoms with Crippen LogP contribution < -0.4 is 19.7 Å². The van der Waals surface area contributed by atoms with Gasteiger partial charge in [0.15, 0.2) is 11.5 Å². The van der Waals surface area contributed by atoms with Gasteiger partial charge in [0.25, 0.3) is 5.91 Å². The third-order valence-corrected chi connectivity index (χ3v) is 7.05. The Hall–Kier alpha value is -3.20. The fourth-order valence-corrected chi connectivity index (χ4v) is 5.04. The molecule has 6 nitrogen and oxygen atoms in total. The number of nitrogens with one attached hydrogen (secondary N) is 1. The number of halogens is 4. The monoisotopic (exact) mass is 519 g/mol. The number of hydrogen-bond donors (Lipinski definition) is 1. The molecule has 36 heavy (non-hydrogen) atoms. The molecule has 3 aromatic rings. The number of anilines is 1. The number of pyridine rings is 1. The van der Waals surface area contributed by atoms with E-state index in [1.807, 2.05) is 17.0 Å². The van der Waals surface area contributed by atoms with Crippen molar-refractivity contribution < 1.29 is 27.4 Å². The number of rotatable bonds is 4. The zero-order valence-electron chi connectivity index (χ0n) is 19.5.